The summed E-state index contributed by atoms with van der Waals surface area (Å²) in [6.07, 6.45) is 1.66. The Morgan fingerprint density at radius 2 is 1.56 bits per heavy atom. The maximum atomic E-state index is 14.6. The lowest BCUT2D eigenvalue weighted by Gasteiger charge is -2.36. The summed E-state index contributed by atoms with van der Waals surface area (Å²) in [4.78, 5) is 93.1. The number of carbonyl (C=O) groups excluding carboxylic acids is 7. The molecule has 5 amide bonds. The molecule has 3 aromatic rings. The van der Waals surface area contributed by atoms with Gasteiger partial charge in [0.25, 0.3) is 0 Å². The zero-order valence-electron chi connectivity index (χ0n) is 31.7. The zero-order valence-corrected chi connectivity index (χ0v) is 31.7. The second-order valence-corrected chi connectivity index (χ2v) is 14.3. The molecule has 1 fully saturated rings. The van der Waals surface area contributed by atoms with Crippen LogP contribution in [0.2, 0.25) is 0 Å². The molecule has 1 heterocycles. The molecule has 0 aliphatic carbocycles. The standard InChI is InChI=1S/C41H47N5O9/c1-25(47)43-31-22-33(38(51)45(23-28-10-8-7-9-11-28)32-19-17-30(18-20-32)37(42)50)46(24-31)39(52)36(41(3,4)5)44-34(49)21-14-27-12-15-29(16-13-27)35(40(53)54-6)55-26(2)48/h7-21,31,33,35-36H,22-24H2,1-6H3,(H2,42,50)(H,43,47)(H,44,49)/t31-,33-,35?,36+/m0/s1. The number of carbonyl (C=O) groups is 7. The number of anilines is 1. The molecule has 0 radical (unpaired) electrons. The van der Waals surface area contributed by atoms with Crippen molar-refractivity contribution in [3.8, 4) is 0 Å². The molecule has 4 rings (SSSR count). The van der Waals surface area contributed by atoms with E-state index in [9.17, 15) is 33.6 Å². The SMILES string of the molecule is COC(=O)C(OC(C)=O)c1ccc(C=CC(=O)N[C@H](C(=O)N2C[C@@H](NC(C)=O)C[C@H]2C(=O)N(Cc2ccccc2)c2ccc(C(N)=O)cc2)C(C)(C)C)cc1. The number of nitrogens with one attached hydrogen (secondary N) is 2. The molecule has 0 bridgehead atoms. The van der Waals surface area contributed by atoms with Gasteiger partial charge in [0.15, 0.2) is 0 Å². The number of benzene rings is 3. The molecule has 4 N–H and O–H groups in total. The van der Waals surface area contributed by atoms with E-state index in [2.05, 4.69) is 10.6 Å². The van der Waals surface area contributed by atoms with Gasteiger partial charge in [0.05, 0.1) is 13.7 Å². The van der Waals surface area contributed by atoms with Crippen LogP contribution >= 0.6 is 0 Å². The number of amides is 5. The van der Waals surface area contributed by atoms with E-state index in [1.807, 2.05) is 30.3 Å². The minimum atomic E-state index is -1.25. The van der Waals surface area contributed by atoms with Gasteiger partial charge in [-0.25, -0.2) is 4.79 Å². The highest BCUT2D eigenvalue weighted by Gasteiger charge is 2.46. The summed E-state index contributed by atoms with van der Waals surface area (Å²) in [7, 11) is 1.18. The predicted octanol–water partition coefficient (Wildman–Crippen LogP) is 3.45. The molecule has 0 saturated carbocycles. The first-order valence-electron chi connectivity index (χ1n) is 17.6. The third-order valence-corrected chi connectivity index (χ3v) is 8.95. The summed E-state index contributed by atoms with van der Waals surface area (Å²) in [6.45, 7) is 8.09. The van der Waals surface area contributed by atoms with Gasteiger partial charge in [-0.05, 0) is 53.3 Å². The van der Waals surface area contributed by atoms with E-state index in [1.165, 1.54) is 55.0 Å². The fourth-order valence-electron chi connectivity index (χ4n) is 6.24. The summed E-state index contributed by atoms with van der Waals surface area (Å²) in [5, 5.41) is 5.66. The monoisotopic (exact) mass is 753 g/mol. The van der Waals surface area contributed by atoms with Crippen LogP contribution in [0.4, 0.5) is 5.69 Å². The molecular formula is C41H47N5O9. The first-order valence-corrected chi connectivity index (χ1v) is 17.6. The normalized spacial score (nSPS) is 16.4. The number of nitrogens with two attached hydrogens (primary N) is 1. The summed E-state index contributed by atoms with van der Waals surface area (Å²) < 4.78 is 9.84. The number of methoxy groups -OCH3 is 1. The van der Waals surface area contributed by atoms with Crippen LogP contribution in [0.1, 0.15) is 74.2 Å². The average Bonchev–Trinajstić information content (AvgIpc) is 3.56. The number of ether oxygens (including phenoxy) is 2. The maximum Gasteiger partial charge on any atom is 0.351 e. The maximum absolute atomic E-state index is 14.6. The largest absolute Gasteiger partial charge is 0.466 e. The Bertz CT molecular complexity index is 1920. The molecule has 1 unspecified atom stereocenters. The van der Waals surface area contributed by atoms with Crippen molar-refractivity contribution in [2.45, 2.75) is 71.8 Å². The van der Waals surface area contributed by atoms with E-state index in [-0.39, 0.29) is 31.0 Å². The minimum Gasteiger partial charge on any atom is -0.466 e. The van der Waals surface area contributed by atoms with Gasteiger partial charge in [-0.2, -0.15) is 0 Å². The minimum absolute atomic E-state index is 0.0269. The molecule has 0 spiro atoms. The Labute approximate surface area is 320 Å². The van der Waals surface area contributed by atoms with Crippen LogP contribution in [-0.2, 0) is 44.8 Å². The molecule has 4 atom stereocenters. The Hall–Kier alpha value is -6.31. The Balaban J connectivity index is 1.60. The van der Waals surface area contributed by atoms with Crippen LogP contribution in [0.3, 0.4) is 0 Å². The van der Waals surface area contributed by atoms with E-state index in [0.717, 1.165) is 5.56 Å². The summed E-state index contributed by atoms with van der Waals surface area (Å²) in [6, 6.07) is 19.3. The zero-order chi connectivity index (χ0) is 40.4. The summed E-state index contributed by atoms with van der Waals surface area (Å²) >= 11 is 0. The molecule has 14 nitrogen and oxygen atoms in total. The van der Waals surface area contributed by atoms with Gasteiger partial charge in [0.1, 0.15) is 12.1 Å². The quantitative estimate of drug-likeness (QED) is 0.173. The smallest absolute Gasteiger partial charge is 0.351 e. The van der Waals surface area contributed by atoms with Gasteiger partial charge < -0.3 is 35.6 Å². The first-order chi connectivity index (χ1) is 26.0. The van der Waals surface area contributed by atoms with Gasteiger partial charge in [-0.1, -0.05) is 75.4 Å². The van der Waals surface area contributed by atoms with E-state index in [4.69, 9.17) is 15.2 Å². The van der Waals surface area contributed by atoms with Crippen molar-refractivity contribution < 1.29 is 43.0 Å². The van der Waals surface area contributed by atoms with Crippen molar-refractivity contribution in [2.24, 2.45) is 11.1 Å². The van der Waals surface area contributed by atoms with Crippen molar-refractivity contribution in [1.82, 2.24) is 15.5 Å². The topological polar surface area (TPSA) is 195 Å². The fraction of sp³-hybridized carbons (Fsp3) is 0.341. The second kappa shape index (κ2) is 18.1. The average molecular weight is 754 g/mol. The number of esters is 2. The first kappa shape index (κ1) is 41.4. The molecule has 3 aromatic carbocycles. The van der Waals surface area contributed by atoms with Gasteiger partial charge in [0.2, 0.25) is 35.6 Å². The summed E-state index contributed by atoms with van der Waals surface area (Å²) in [5.74, 6) is -3.84. The molecule has 1 aliphatic rings. The molecule has 0 aromatic heterocycles. The van der Waals surface area contributed by atoms with Crippen LogP contribution in [0.15, 0.2) is 84.9 Å². The van der Waals surface area contributed by atoms with Crippen molar-refractivity contribution in [3.63, 3.8) is 0 Å². The van der Waals surface area contributed by atoms with E-state index >= 15 is 0 Å². The van der Waals surface area contributed by atoms with Gasteiger partial charge >= 0.3 is 11.9 Å². The van der Waals surface area contributed by atoms with Gasteiger partial charge in [-0.3, -0.25) is 28.8 Å². The third-order valence-electron chi connectivity index (χ3n) is 8.95. The highest BCUT2D eigenvalue weighted by Crippen LogP contribution is 2.30. The number of nitrogens with zero attached hydrogens (tertiary/aromatic N) is 2. The molecule has 290 valence electrons. The van der Waals surface area contributed by atoms with Crippen molar-refractivity contribution in [3.05, 3.63) is 107 Å². The van der Waals surface area contributed by atoms with E-state index < -0.39 is 65.2 Å². The lowest BCUT2D eigenvalue weighted by molar-refractivity contribution is -0.165. The van der Waals surface area contributed by atoms with Crippen LogP contribution in [0, 0.1) is 5.41 Å². The summed E-state index contributed by atoms with van der Waals surface area (Å²) in [5.41, 5.74) is 7.16. The Morgan fingerprint density at radius 1 is 0.927 bits per heavy atom. The van der Waals surface area contributed by atoms with E-state index in [0.29, 0.717) is 16.8 Å². The number of primary amides is 1. The van der Waals surface area contributed by atoms with Gasteiger partial charge in [-0.15, -0.1) is 0 Å². The number of rotatable bonds is 13. The molecule has 55 heavy (non-hydrogen) atoms. The van der Waals surface area contributed by atoms with Crippen LogP contribution in [0.5, 0.6) is 0 Å². The van der Waals surface area contributed by atoms with Crippen LogP contribution in [0.25, 0.3) is 6.08 Å². The Kier molecular flexibility index (Phi) is 13.7. The second-order valence-electron chi connectivity index (χ2n) is 14.3. The van der Waals surface area contributed by atoms with Crippen LogP contribution < -0.4 is 21.3 Å². The third kappa shape index (κ3) is 11.1. The number of hydrogen-bond acceptors (Lipinski definition) is 9. The highest BCUT2D eigenvalue weighted by atomic mass is 16.6. The molecule has 1 saturated heterocycles. The van der Waals surface area contributed by atoms with E-state index in [1.54, 1.807) is 57.2 Å². The van der Waals surface area contributed by atoms with Crippen LogP contribution in [-0.4, -0.2) is 78.2 Å². The molecular weight excluding hydrogens is 706 g/mol. The molecule has 1 aliphatic heterocycles. The van der Waals surface area contributed by atoms with Crippen molar-refractivity contribution in [2.75, 3.05) is 18.6 Å². The highest BCUT2D eigenvalue weighted by molar-refractivity contribution is 6.02. The number of hydrogen-bond donors (Lipinski definition) is 3. The van der Waals surface area contributed by atoms with Crippen molar-refractivity contribution in [1.29, 1.82) is 0 Å². The predicted molar refractivity (Wildman–Crippen MR) is 204 cm³/mol. The van der Waals surface area contributed by atoms with Gasteiger partial charge in [0, 0.05) is 49.3 Å². The lowest BCUT2D eigenvalue weighted by atomic mass is 9.85. The molecule has 14 heteroatoms. The lowest BCUT2D eigenvalue weighted by Crippen LogP contribution is -2.58. The Morgan fingerprint density at radius 3 is 2.11 bits per heavy atom. The van der Waals surface area contributed by atoms with Crippen molar-refractivity contribution >= 4 is 53.2 Å². The fourth-order valence-corrected chi connectivity index (χ4v) is 6.24. The number of likely N-dealkylation sites (tertiary alicyclic amines) is 1.